The molecular weight excluding hydrogens is 374 g/mol. The predicted molar refractivity (Wildman–Crippen MR) is 106 cm³/mol. The van der Waals surface area contributed by atoms with E-state index in [9.17, 15) is 24.3 Å². The number of hydrogen-bond donors (Lipinski definition) is 2. The van der Waals surface area contributed by atoms with Crippen LogP contribution in [0.15, 0.2) is 33.9 Å². The minimum absolute atomic E-state index is 0.112. The smallest absolute Gasteiger partial charge is 0.328 e. The molecule has 1 fully saturated rings. The predicted octanol–water partition coefficient (Wildman–Crippen LogP) is 0.387. The van der Waals surface area contributed by atoms with Gasteiger partial charge in [-0.15, -0.1) is 0 Å². The molecule has 1 amide bonds. The Morgan fingerprint density at radius 1 is 1.17 bits per heavy atom. The van der Waals surface area contributed by atoms with Crippen molar-refractivity contribution in [1.82, 2.24) is 14.9 Å². The normalized spacial score (nSPS) is 20.5. The van der Waals surface area contributed by atoms with Gasteiger partial charge in [0.15, 0.2) is 0 Å². The third-order valence-corrected chi connectivity index (χ3v) is 5.77. The van der Waals surface area contributed by atoms with Gasteiger partial charge in [-0.05, 0) is 49.7 Å². The van der Waals surface area contributed by atoms with Crippen molar-refractivity contribution < 1.29 is 14.7 Å². The van der Waals surface area contributed by atoms with Crippen LogP contribution in [0.4, 0.5) is 0 Å². The monoisotopic (exact) mass is 400 g/mol. The van der Waals surface area contributed by atoms with Gasteiger partial charge in [-0.2, -0.15) is 0 Å². The number of carboxylic acids is 1. The third kappa shape index (κ3) is 4.58. The van der Waals surface area contributed by atoms with Gasteiger partial charge in [0.05, 0.1) is 22.9 Å². The number of aromatic nitrogens is 2. The van der Waals surface area contributed by atoms with Gasteiger partial charge >= 0.3 is 5.69 Å². The first-order valence-electron chi connectivity index (χ1n) is 10.0. The maximum absolute atomic E-state index is 12.7. The molecule has 0 bridgehead atoms. The van der Waals surface area contributed by atoms with Crippen molar-refractivity contribution in [3.63, 3.8) is 0 Å². The van der Waals surface area contributed by atoms with Gasteiger partial charge in [0.25, 0.3) is 5.56 Å². The molecule has 1 aromatic carbocycles. The quantitative estimate of drug-likeness (QED) is 0.726. The molecule has 8 nitrogen and oxygen atoms in total. The lowest BCUT2D eigenvalue weighted by Gasteiger charge is -2.30. The fourth-order valence-electron chi connectivity index (χ4n) is 4.00. The van der Waals surface area contributed by atoms with E-state index in [1.54, 1.807) is 38.1 Å². The number of carboxylic acid groups (broad SMARTS) is 1. The van der Waals surface area contributed by atoms with E-state index in [0.29, 0.717) is 43.1 Å². The Labute approximate surface area is 167 Å². The molecule has 2 N–H and O–H groups in total. The van der Waals surface area contributed by atoms with Crippen LogP contribution in [0.3, 0.4) is 0 Å². The second kappa shape index (κ2) is 8.63. The van der Waals surface area contributed by atoms with Crippen molar-refractivity contribution in [2.24, 2.45) is 17.8 Å². The summed E-state index contributed by atoms with van der Waals surface area (Å²) in [6, 6.07) is 5.90. The summed E-state index contributed by atoms with van der Waals surface area (Å²) in [7, 11) is 0. The summed E-state index contributed by atoms with van der Waals surface area (Å²) < 4.78 is 1.23. The van der Waals surface area contributed by atoms with Crippen LogP contribution in [0, 0.1) is 17.8 Å². The molecule has 0 radical (unpaired) electrons. The summed E-state index contributed by atoms with van der Waals surface area (Å²) in [4.78, 5) is 51.3. The number of H-pyrrole nitrogens is 1. The van der Waals surface area contributed by atoms with Crippen molar-refractivity contribution in [3.8, 4) is 0 Å². The van der Waals surface area contributed by atoms with E-state index in [2.05, 4.69) is 10.3 Å². The van der Waals surface area contributed by atoms with Gasteiger partial charge in [-0.25, -0.2) is 4.79 Å². The molecule has 0 spiro atoms. The lowest BCUT2D eigenvalue weighted by molar-refractivity contribution is -0.309. The molecular formula is C21H26N3O5-. The number of aliphatic carboxylic acids is 1. The number of fused-ring (bicyclic) bond motifs is 1. The number of nitrogens with one attached hydrogen (secondary N) is 2. The van der Waals surface area contributed by atoms with Crippen LogP contribution >= 0.6 is 0 Å². The first kappa shape index (κ1) is 20.8. The molecule has 1 aromatic heterocycles. The van der Waals surface area contributed by atoms with Gasteiger partial charge in [0.2, 0.25) is 5.91 Å². The first-order valence-corrected chi connectivity index (χ1v) is 10.0. The summed E-state index contributed by atoms with van der Waals surface area (Å²) in [6.07, 6.45) is 2.56. The van der Waals surface area contributed by atoms with Gasteiger partial charge in [0.1, 0.15) is 0 Å². The highest BCUT2D eigenvalue weighted by Crippen LogP contribution is 2.30. The molecule has 2 aromatic rings. The van der Waals surface area contributed by atoms with Crippen molar-refractivity contribution in [2.75, 3.05) is 0 Å². The average Bonchev–Trinajstić information content (AvgIpc) is 2.69. The number of para-hydroxylation sites is 1. The fourth-order valence-corrected chi connectivity index (χ4v) is 4.00. The van der Waals surface area contributed by atoms with Crippen LogP contribution in [0.2, 0.25) is 0 Å². The van der Waals surface area contributed by atoms with E-state index in [1.165, 1.54) is 4.57 Å². The maximum atomic E-state index is 12.7. The topological polar surface area (TPSA) is 124 Å². The SMILES string of the molecule is CC(C)[C@H](NC(=O)C1CCC(Cn2c(=O)[nH]c3ccccc3c2=O)CC1)C(=O)[O-]. The Balaban J connectivity index is 1.64. The number of benzene rings is 1. The molecule has 1 heterocycles. The number of carbonyl (C=O) groups is 2. The van der Waals surface area contributed by atoms with Crippen LogP contribution in [0.25, 0.3) is 10.9 Å². The zero-order valence-electron chi connectivity index (χ0n) is 16.6. The number of hydrogen-bond acceptors (Lipinski definition) is 5. The molecule has 156 valence electrons. The van der Waals surface area contributed by atoms with Gasteiger partial charge in [-0.1, -0.05) is 26.0 Å². The highest BCUT2D eigenvalue weighted by Gasteiger charge is 2.29. The summed E-state index contributed by atoms with van der Waals surface area (Å²) in [5.41, 5.74) is -0.216. The molecule has 3 rings (SSSR count). The van der Waals surface area contributed by atoms with Crippen LogP contribution < -0.4 is 21.7 Å². The Kier molecular flexibility index (Phi) is 6.20. The van der Waals surface area contributed by atoms with E-state index in [-0.39, 0.29) is 29.2 Å². The lowest BCUT2D eigenvalue weighted by atomic mass is 9.81. The van der Waals surface area contributed by atoms with Gasteiger partial charge in [-0.3, -0.25) is 14.2 Å². The summed E-state index contributed by atoms with van der Waals surface area (Å²) in [6.45, 7) is 3.74. The number of carbonyl (C=O) groups excluding carboxylic acids is 2. The van der Waals surface area contributed by atoms with Crippen molar-refractivity contribution in [1.29, 1.82) is 0 Å². The van der Waals surface area contributed by atoms with E-state index >= 15 is 0 Å². The standard InChI is InChI=1S/C21H27N3O5/c1-12(2)17(20(27)28)23-18(25)14-9-7-13(8-10-14)11-24-19(26)15-5-3-4-6-16(15)22-21(24)29/h3-6,12-14,17H,7-11H2,1-2H3,(H,22,29)(H,23,25)(H,27,28)/p-1/t13?,14?,17-/m0/s1. The van der Waals surface area contributed by atoms with E-state index in [0.717, 1.165) is 0 Å². The maximum Gasteiger partial charge on any atom is 0.328 e. The van der Waals surface area contributed by atoms with Crippen LogP contribution in [0.1, 0.15) is 39.5 Å². The summed E-state index contributed by atoms with van der Waals surface area (Å²) in [5, 5.41) is 14.2. The van der Waals surface area contributed by atoms with E-state index in [1.807, 2.05) is 0 Å². The van der Waals surface area contributed by atoms with Gasteiger partial charge in [0, 0.05) is 12.5 Å². The zero-order valence-corrected chi connectivity index (χ0v) is 16.6. The van der Waals surface area contributed by atoms with E-state index in [4.69, 9.17) is 0 Å². The number of amides is 1. The molecule has 1 aliphatic carbocycles. The minimum Gasteiger partial charge on any atom is -0.548 e. The van der Waals surface area contributed by atoms with Crippen molar-refractivity contribution in [2.45, 2.75) is 52.1 Å². The number of rotatable bonds is 6. The zero-order chi connectivity index (χ0) is 21.1. The highest BCUT2D eigenvalue weighted by atomic mass is 16.4. The molecule has 29 heavy (non-hydrogen) atoms. The van der Waals surface area contributed by atoms with Gasteiger partial charge < -0.3 is 20.2 Å². The lowest BCUT2D eigenvalue weighted by Crippen LogP contribution is -2.52. The Morgan fingerprint density at radius 2 is 1.83 bits per heavy atom. The van der Waals surface area contributed by atoms with Crippen LogP contribution in [-0.2, 0) is 16.1 Å². The molecule has 0 saturated heterocycles. The Morgan fingerprint density at radius 3 is 2.45 bits per heavy atom. The second-order valence-electron chi connectivity index (χ2n) is 8.16. The molecule has 1 saturated carbocycles. The Bertz CT molecular complexity index is 1010. The molecule has 8 heteroatoms. The average molecular weight is 400 g/mol. The minimum atomic E-state index is -1.28. The largest absolute Gasteiger partial charge is 0.548 e. The van der Waals surface area contributed by atoms with Crippen molar-refractivity contribution >= 4 is 22.8 Å². The summed E-state index contributed by atoms with van der Waals surface area (Å²) in [5.74, 6) is -1.96. The number of aromatic amines is 1. The van der Waals surface area contributed by atoms with Crippen LogP contribution in [0.5, 0.6) is 0 Å². The Hall–Kier alpha value is -2.90. The van der Waals surface area contributed by atoms with Crippen molar-refractivity contribution in [3.05, 3.63) is 45.1 Å². The highest BCUT2D eigenvalue weighted by molar-refractivity contribution is 5.84. The molecule has 0 aliphatic heterocycles. The second-order valence-corrected chi connectivity index (χ2v) is 8.16. The van der Waals surface area contributed by atoms with E-state index < -0.39 is 17.7 Å². The molecule has 0 unspecified atom stereocenters. The number of nitrogens with zero attached hydrogens (tertiary/aromatic N) is 1. The summed E-state index contributed by atoms with van der Waals surface area (Å²) >= 11 is 0. The molecule has 1 atom stereocenters. The fraction of sp³-hybridized carbons (Fsp3) is 0.524. The third-order valence-electron chi connectivity index (χ3n) is 5.77. The van der Waals surface area contributed by atoms with Crippen LogP contribution in [-0.4, -0.2) is 27.5 Å². The molecule has 1 aliphatic rings. The first-order chi connectivity index (χ1) is 13.8.